The number of carbonyl (C=O) groups excluding carboxylic acids is 1. The van der Waals surface area contributed by atoms with Crippen molar-refractivity contribution in [2.75, 3.05) is 20.3 Å². The van der Waals surface area contributed by atoms with Crippen LogP contribution in [0.1, 0.15) is 42.8 Å². The Labute approximate surface area is 178 Å². The first kappa shape index (κ1) is 21.8. The topological polar surface area (TPSA) is 65.4 Å². The number of hydrogen-bond acceptors (Lipinski definition) is 4. The number of methoxy groups -OCH3 is 1. The molecule has 3 rings (SSSR count). The summed E-state index contributed by atoms with van der Waals surface area (Å²) in [6.45, 7) is 7.64. The van der Waals surface area contributed by atoms with Crippen molar-refractivity contribution in [3.05, 3.63) is 59.4 Å². The van der Waals surface area contributed by atoms with Crippen LogP contribution < -0.4 is 10.1 Å². The van der Waals surface area contributed by atoms with Crippen LogP contribution >= 0.6 is 0 Å². The van der Waals surface area contributed by atoms with Crippen LogP contribution in [-0.4, -0.2) is 35.8 Å². The number of ether oxygens (including phenoxy) is 2. The van der Waals surface area contributed by atoms with Crippen LogP contribution in [0.15, 0.2) is 42.5 Å². The Morgan fingerprint density at radius 1 is 1.17 bits per heavy atom. The van der Waals surface area contributed by atoms with Crippen LogP contribution in [-0.2, 0) is 16.1 Å². The normalized spacial score (nSPS) is 12.1. The predicted molar refractivity (Wildman–Crippen MR) is 119 cm³/mol. The van der Waals surface area contributed by atoms with Gasteiger partial charge in [0.15, 0.2) is 0 Å². The second kappa shape index (κ2) is 10.3. The molecule has 30 heavy (non-hydrogen) atoms. The van der Waals surface area contributed by atoms with E-state index in [-0.39, 0.29) is 18.6 Å². The minimum absolute atomic E-state index is 0.0420. The summed E-state index contributed by atoms with van der Waals surface area (Å²) in [5.41, 5.74) is 4.42. The van der Waals surface area contributed by atoms with Gasteiger partial charge in [-0.15, -0.1) is 0 Å². The van der Waals surface area contributed by atoms with E-state index in [0.29, 0.717) is 6.61 Å². The number of imidazole rings is 1. The molecule has 0 radical (unpaired) electrons. The second-order valence-electron chi connectivity index (χ2n) is 7.66. The Balaban J connectivity index is 1.63. The van der Waals surface area contributed by atoms with Gasteiger partial charge in [-0.25, -0.2) is 4.98 Å². The lowest BCUT2D eigenvalue weighted by Gasteiger charge is -2.16. The minimum Gasteiger partial charge on any atom is -0.493 e. The molecule has 160 valence electrons. The van der Waals surface area contributed by atoms with Crippen molar-refractivity contribution in [1.82, 2.24) is 14.9 Å². The number of hydrogen-bond donors (Lipinski definition) is 1. The Bertz CT molecular complexity index is 997. The average molecular weight is 410 g/mol. The number of rotatable bonds is 10. The quantitative estimate of drug-likeness (QED) is 0.506. The molecule has 0 saturated heterocycles. The average Bonchev–Trinajstić information content (AvgIpc) is 3.08. The molecule has 1 heterocycles. The molecule has 0 aliphatic carbocycles. The summed E-state index contributed by atoms with van der Waals surface area (Å²) in [6, 6.07) is 14.1. The molecule has 0 aliphatic heterocycles. The van der Waals surface area contributed by atoms with E-state index in [1.807, 2.05) is 31.2 Å². The first-order valence-electron chi connectivity index (χ1n) is 10.4. The number of aryl methyl sites for hydroxylation is 3. The molecule has 1 N–H and O–H groups in total. The fraction of sp³-hybridized carbons (Fsp3) is 0.417. The maximum atomic E-state index is 11.9. The molecule has 3 aromatic rings. The Hall–Kier alpha value is -2.86. The Morgan fingerprint density at radius 3 is 2.73 bits per heavy atom. The predicted octanol–water partition coefficient (Wildman–Crippen LogP) is 4.34. The maximum absolute atomic E-state index is 11.9. The molecule has 1 aromatic heterocycles. The van der Waals surface area contributed by atoms with Gasteiger partial charge in [-0.05, 0) is 57.4 Å². The maximum Gasteiger partial charge on any atom is 0.246 e. The lowest BCUT2D eigenvalue weighted by Crippen LogP contribution is -2.31. The fourth-order valence-corrected chi connectivity index (χ4v) is 3.65. The van der Waals surface area contributed by atoms with Crippen molar-refractivity contribution in [3.63, 3.8) is 0 Å². The van der Waals surface area contributed by atoms with Gasteiger partial charge >= 0.3 is 0 Å². The van der Waals surface area contributed by atoms with E-state index in [1.54, 1.807) is 0 Å². The Morgan fingerprint density at radius 2 is 1.97 bits per heavy atom. The molecule has 0 spiro atoms. The van der Waals surface area contributed by atoms with Crippen molar-refractivity contribution in [1.29, 1.82) is 0 Å². The van der Waals surface area contributed by atoms with Crippen molar-refractivity contribution in [2.45, 2.75) is 46.2 Å². The van der Waals surface area contributed by atoms with Crippen LogP contribution in [0, 0.1) is 13.8 Å². The first-order chi connectivity index (χ1) is 14.5. The van der Waals surface area contributed by atoms with Gasteiger partial charge in [0, 0.05) is 13.7 Å². The van der Waals surface area contributed by atoms with E-state index in [4.69, 9.17) is 14.5 Å². The van der Waals surface area contributed by atoms with Crippen LogP contribution in [0.25, 0.3) is 11.0 Å². The van der Waals surface area contributed by atoms with Crippen LogP contribution in [0.4, 0.5) is 0 Å². The molecule has 0 fully saturated rings. The van der Waals surface area contributed by atoms with E-state index < -0.39 is 0 Å². The number of fused-ring (bicyclic) bond motifs is 1. The molecule has 0 saturated carbocycles. The Kier molecular flexibility index (Phi) is 7.46. The molecule has 1 atom stereocenters. The van der Waals surface area contributed by atoms with Gasteiger partial charge in [-0.2, -0.15) is 0 Å². The zero-order valence-electron chi connectivity index (χ0n) is 18.3. The number of carbonyl (C=O) groups is 1. The van der Waals surface area contributed by atoms with Gasteiger partial charge in [0.1, 0.15) is 18.2 Å². The molecule has 6 heteroatoms. The molecular weight excluding hydrogens is 378 g/mol. The van der Waals surface area contributed by atoms with E-state index in [0.717, 1.165) is 42.0 Å². The number of para-hydroxylation sites is 2. The highest BCUT2D eigenvalue weighted by Crippen LogP contribution is 2.22. The van der Waals surface area contributed by atoms with Crippen molar-refractivity contribution in [3.8, 4) is 5.75 Å². The highest BCUT2D eigenvalue weighted by molar-refractivity contribution is 5.78. The SMILES string of the molecule is COCC(=O)NC(C)c1nc2ccccc2n1CCCCOc1ccc(C)cc1C. The highest BCUT2D eigenvalue weighted by atomic mass is 16.5. The summed E-state index contributed by atoms with van der Waals surface area (Å²) in [6.07, 6.45) is 1.89. The summed E-state index contributed by atoms with van der Waals surface area (Å²) < 4.78 is 13.1. The van der Waals surface area contributed by atoms with Crippen LogP contribution in [0.5, 0.6) is 5.75 Å². The summed E-state index contributed by atoms with van der Waals surface area (Å²) in [4.78, 5) is 16.7. The lowest BCUT2D eigenvalue weighted by molar-refractivity contribution is -0.125. The zero-order valence-corrected chi connectivity index (χ0v) is 18.3. The number of nitrogens with zero attached hydrogens (tertiary/aromatic N) is 2. The van der Waals surface area contributed by atoms with E-state index >= 15 is 0 Å². The number of unbranched alkanes of at least 4 members (excludes halogenated alkanes) is 1. The van der Waals surface area contributed by atoms with E-state index in [9.17, 15) is 4.79 Å². The third-order valence-corrected chi connectivity index (χ3v) is 5.09. The van der Waals surface area contributed by atoms with Gasteiger partial charge < -0.3 is 19.4 Å². The van der Waals surface area contributed by atoms with Gasteiger partial charge in [0.25, 0.3) is 0 Å². The third kappa shape index (κ3) is 5.39. The van der Waals surface area contributed by atoms with Gasteiger partial charge in [-0.1, -0.05) is 29.8 Å². The number of aromatic nitrogens is 2. The monoisotopic (exact) mass is 409 g/mol. The summed E-state index contributed by atoms with van der Waals surface area (Å²) in [5, 5.41) is 2.96. The molecule has 2 aromatic carbocycles. The van der Waals surface area contributed by atoms with Crippen molar-refractivity contribution >= 4 is 16.9 Å². The van der Waals surface area contributed by atoms with Gasteiger partial charge in [-0.3, -0.25) is 4.79 Å². The van der Waals surface area contributed by atoms with E-state index in [1.165, 1.54) is 18.2 Å². The summed E-state index contributed by atoms with van der Waals surface area (Å²) >= 11 is 0. The number of nitrogens with one attached hydrogen (secondary N) is 1. The summed E-state index contributed by atoms with van der Waals surface area (Å²) in [5.74, 6) is 1.66. The molecule has 0 bridgehead atoms. The highest BCUT2D eigenvalue weighted by Gasteiger charge is 2.18. The van der Waals surface area contributed by atoms with Gasteiger partial charge in [0.2, 0.25) is 5.91 Å². The molecule has 0 aliphatic rings. The molecule has 6 nitrogen and oxygen atoms in total. The summed E-state index contributed by atoms with van der Waals surface area (Å²) in [7, 11) is 1.51. The lowest BCUT2D eigenvalue weighted by atomic mass is 10.1. The first-order valence-corrected chi connectivity index (χ1v) is 10.4. The second-order valence-corrected chi connectivity index (χ2v) is 7.66. The zero-order chi connectivity index (χ0) is 21.5. The van der Waals surface area contributed by atoms with Crippen LogP contribution in [0.2, 0.25) is 0 Å². The molecular formula is C24H31N3O3. The molecule has 1 amide bonds. The molecule has 1 unspecified atom stereocenters. The van der Waals surface area contributed by atoms with E-state index in [2.05, 4.69) is 41.9 Å². The fourth-order valence-electron chi connectivity index (χ4n) is 3.65. The number of benzene rings is 2. The van der Waals surface area contributed by atoms with Crippen LogP contribution in [0.3, 0.4) is 0 Å². The minimum atomic E-state index is -0.202. The third-order valence-electron chi connectivity index (χ3n) is 5.09. The van der Waals surface area contributed by atoms with Gasteiger partial charge in [0.05, 0.1) is 23.7 Å². The smallest absolute Gasteiger partial charge is 0.246 e. The number of amides is 1. The largest absolute Gasteiger partial charge is 0.493 e. The van der Waals surface area contributed by atoms with Crippen molar-refractivity contribution < 1.29 is 14.3 Å². The standard InChI is InChI=1S/C24H31N3O3/c1-17-11-12-22(18(2)15-17)30-14-8-7-13-27-21-10-6-5-9-20(21)26-24(27)19(3)25-23(28)16-29-4/h5-6,9-12,15,19H,7-8,13-14,16H2,1-4H3,(H,25,28). The van der Waals surface area contributed by atoms with Crippen molar-refractivity contribution in [2.24, 2.45) is 0 Å².